The highest BCUT2D eigenvalue weighted by molar-refractivity contribution is 5.97. The maximum atomic E-state index is 13.0. The van der Waals surface area contributed by atoms with E-state index in [1.54, 1.807) is 6.07 Å². The first-order chi connectivity index (χ1) is 14.5. The van der Waals surface area contributed by atoms with Gasteiger partial charge in [-0.1, -0.05) is 52.3 Å². The SMILES string of the molecule is Cc1cccc(C(=O)NC(C(=O)NCC(C)C)C2CCN(C(=O)CC(C)(C)C)CC2)c1. The molecule has 31 heavy (non-hydrogen) atoms. The summed E-state index contributed by atoms with van der Waals surface area (Å²) in [5, 5.41) is 5.96. The second-order valence-corrected chi connectivity index (χ2v) is 10.4. The van der Waals surface area contributed by atoms with E-state index in [0.717, 1.165) is 5.56 Å². The predicted octanol–water partition coefficient (Wildman–Crippen LogP) is 3.54. The molecule has 3 amide bonds. The molecule has 1 atom stereocenters. The third kappa shape index (κ3) is 8.00. The molecule has 0 bridgehead atoms. The first-order valence-electron chi connectivity index (χ1n) is 11.4. The van der Waals surface area contributed by atoms with Crippen LogP contribution in [0.1, 0.15) is 69.8 Å². The Kier molecular flexibility index (Phi) is 8.66. The van der Waals surface area contributed by atoms with Crippen molar-refractivity contribution in [2.75, 3.05) is 19.6 Å². The van der Waals surface area contributed by atoms with Gasteiger partial charge in [-0.15, -0.1) is 0 Å². The highest BCUT2D eigenvalue weighted by Gasteiger charge is 2.34. The largest absolute Gasteiger partial charge is 0.354 e. The van der Waals surface area contributed by atoms with Crippen molar-refractivity contribution in [3.8, 4) is 0 Å². The lowest BCUT2D eigenvalue weighted by molar-refractivity contribution is -0.134. The van der Waals surface area contributed by atoms with Gasteiger partial charge >= 0.3 is 0 Å². The summed E-state index contributed by atoms with van der Waals surface area (Å²) in [7, 11) is 0. The highest BCUT2D eigenvalue weighted by atomic mass is 16.2. The van der Waals surface area contributed by atoms with Gasteiger partial charge in [-0.25, -0.2) is 0 Å². The quantitative estimate of drug-likeness (QED) is 0.696. The lowest BCUT2D eigenvalue weighted by Crippen LogP contribution is -2.54. The number of nitrogens with one attached hydrogen (secondary N) is 2. The molecule has 1 saturated heterocycles. The molecule has 0 aliphatic carbocycles. The van der Waals surface area contributed by atoms with Gasteiger partial charge in [0.25, 0.3) is 5.91 Å². The summed E-state index contributed by atoms with van der Waals surface area (Å²) >= 11 is 0. The summed E-state index contributed by atoms with van der Waals surface area (Å²) in [4.78, 5) is 40.3. The smallest absolute Gasteiger partial charge is 0.251 e. The molecule has 1 fully saturated rings. The summed E-state index contributed by atoms with van der Waals surface area (Å²) in [5.41, 5.74) is 1.51. The monoisotopic (exact) mass is 429 g/mol. The van der Waals surface area contributed by atoms with Crippen LogP contribution in [0.2, 0.25) is 0 Å². The van der Waals surface area contributed by atoms with Gasteiger partial charge in [0.2, 0.25) is 11.8 Å². The van der Waals surface area contributed by atoms with Gasteiger partial charge in [0, 0.05) is 31.6 Å². The van der Waals surface area contributed by atoms with Crippen LogP contribution in [0.25, 0.3) is 0 Å². The predicted molar refractivity (Wildman–Crippen MR) is 124 cm³/mol. The zero-order chi connectivity index (χ0) is 23.2. The number of hydrogen-bond acceptors (Lipinski definition) is 3. The minimum Gasteiger partial charge on any atom is -0.354 e. The van der Waals surface area contributed by atoms with E-state index >= 15 is 0 Å². The average molecular weight is 430 g/mol. The van der Waals surface area contributed by atoms with Crippen molar-refractivity contribution in [3.05, 3.63) is 35.4 Å². The molecule has 6 heteroatoms. The first-order valence-corrected chi connectivity index (χ1v) is 11.4. The third-order valence-electron chi connectivity index (χ3n) is 5.58. The Labute approximate surface area is 187 Å². The topological polar surface area (TPSA) is 78.5 Å². The van der Waals surface area contributed by atoms with E-state index in [0.29, 0.717) is 50.4 Å². The summed E-state index contributed by atoms with van der Waals surface area (Å²) < 4.78 is 0. The molecule has 0 saturated carbocycles. The van der Waals surface area contributed by atoms with Gasteiger partial charge in [0.1, 0.15) is 6.04 Å². The maximum absolute atomic E-state index is 13.0. The normalized spacial score (nSPS) is 16.2. The van der Waals surface area contributed by atoms with E-state index in [1.807, 2.05) is 43.9 Å². The molecule has 2 N–H and O–H groups in total. The average Bonchev–Trinajstić information content (AvgIpc) is 2.69. The zero-order valence-corrected chi connectivity index (χ0v) is 20.0. The molecule has 6 nitrogen and oxygen atoms in total. The van der Waals surface area contributed by atoms with E-state index in [2.05, 4.69) is 31.4 Å². The van der Waals surface area contributed by atoms with Crippen molar-refractivity contribution in [3.63, 3.8) is 0 Å². The van der Waals surface area contributed by atoms with Crippen LogP contribution in [-0.2, 0) is 9.59 Å². The third-order valence-corrected chi connectivity index (χ3v) is 5.58. The Balaban J connectivity index is 2.07. The lowest BCUT2D eigenvalue weighted by Gasteiger charge is -2.37. The number of hydrogen-bond donors (Lipinski definition) is 2. The van der Waals surface area contributed by atoms with Crippen LogP contribution in [0.5, 0.6) is 0 Å². The number of piperidine rings is 1. The number of likely N-dealkylation sites (tertiary alicyclic amines) is 1. The Morgan fingerprint density at radius 2 is 1.77 bits per heavy atom. The van der Waals surface area contributed by atoms with E-state index < -0.39 is 6.04 Å². The molecule has 0 aromatic heterocycles. The van der Waals surface area contributed by atoms with Crippen molar-refractivity contribution in [2.45, 2.75) is 66.8 Å². The van der Waals surface area contributed by atoms with Crippen LogP contribution < -0.4 is 10.6 Å². The molecular weight excluding hydrogens is 390 g/mol. The van der Waals surface area contributed by atoms with Gasteiger partial charge in [-0.3, -0.25) is 14.4 Å². The van der Waals surface area contributed by atoms with Crippen molar-refractivity contribution >= 4 is 17.7 Å². The van der Waals surface area contributed by atoms with Crippen molar-refractivity contribution in [1.29, 1.82) is 0 Å². The Bertz CT molecular complexity index is 774. The minimum absolute atomic E-state index is 0.000363. The summed E-state index contributed by atoms with van der Waals surface area (Å²) in [6.45, 7) is 14.0. The van der Waals surface area contributed by atoms with Gasteiger partial charge < -0.3 is 15.5 Å². The van der Waals surface area contributed by atoms with Gasteiger partial charge in [-0.05, 0) is 49.1 Å². The van der Waals surface area contributed by atoms with Crippen LogP contribution >= 0.6 is 0 Å². The second-order valence-electron chi connectivity index (χ2n) is 10.4. The molecule has 1 aromatic carbocycles. The molecule has 1 aromatic rings. The van der Waals surface area contributed by atoms with Crippen LogP contribution in [0.15, 0.2) is 24.3 Å². The number of carbonyl (C=O) groups is 3. The van der Waals surface area contributed by atoms with Crippen LogP contribution in [0, 0.1) is 24.2 Å². The molecule has 1 aliphatic heterocycles. The van der Waals surface area contributed by atoms with Crippen molar-refractivity contribution in [2.24, 2.45) is 17.3 Å². The zero-order valence-electron chi connectivity index (χ0n) is 20.0. The lowest BCUT2D eigenvalue weighted by atomic mass is 9.87. The van der Waals surface area contributed by atoms with E-state index in [9.17, 15) is 14.4 Å². The number of amides is 3. The second kappa shape index (κ2) is 10.8. The number of aryl methyl sites for hydroxylation is 1. The fourth-order valence-corrected chi connectivity index (χ4v) is 3.87. The van der Waals surface area contributed by atoms with Crippen LogP contribution in [0.3, 0.4) is 0 Å². The molecular formula is C25H39N3O3. The minimum atomic E-state index is -0.605. The summed E-state index contributed by atoms with van der Waals surface area (Å²) in [6, 6.07) is 6.77. The van der Waals surface area contributed by atoms with E-state index in [-0.39, 0.29) is 29.1 Å². The molecule has 1 aliphatic rings. The Morgan fingerprint density at radius 1 is 1.13 bits per heavy atom. The van der Waals surface area contributed by atoms with Gasteiger partial charge in [0.15, 0.2) is 0 Å². The first kappa shape index (κ1) is 24.9. The van der Waals surface area contributed by atoms with E-state index in [1.165, 1.54) is 0 Å². The fraction of sp³-hybridized carbons (Fsp3) is 0.640. The van der Waals surface area contributed by atoms with Gasteiger partial charge in [0.05, 0.1) is 0 Å². The number of benzene rings is 1. The summed E-state index contributed by atoms with van der Waals surface area (Å²) in [5.74, 6) is 0.109. The Hall–Kier alpha value is -2.37. The molecule has 1 heterocycles. The van der Waals surface area contributed by atoms with Gasteiger partial charge in [-0.2, -0.15) is 0 Å². The number of rotatable bonds is 7. The van der Waals surface area contributed by atoms with Crippen LogP contribution in [-0.4, -0.2) is 48.3 Å². The molecule has 1 unspecified atom stereocenters. The number of carbonyl (C=O) groups excluding carboxylic acids is 3. The summed E-state index contributed by atoms with van der Waals surface area (Å²) in [6.07, 6.45) is 1.91. The fourth-order valence-electron chi connectivity index (χ4n) is 3.87. The molecule has 0 spiro atoms. The molecule has 0 radical (unpaired) electrons. The van der Waals surface area contributed by atoms with E-state index in [4.69, 9.17) is 0 Å². The standard InChI is InChI=1S/C25H39N3O3/c1-17(2)16-26-24(31)22(27-23(30)20-9-7-8-18(3)14-20)19-10-12-28(13-11-19)21(29)15-25(4,5)6/h7-9,14,17,19,22H,10-13,15-16H2,1-6H3,(H,26,31)(H,27,30). The van der Waals surface area contributed by atoms with Crippen LogP contribution in [0.4, 0.5) is 0 Å². The van der Waals surface area contributed by atoms with Crippen molar-refractivity contribution in [1.82, 2.24) is 15.5 Å². The highest BCUT2D eigenvalue weighted by Crippen LogP contribution is 2.25. The molecule has 2 rings (SSSR count). The number of nitrogens with zero attached hydrogens (tertiary/aromatic N) is 1. The Morgan fingerprint density at radius 3 is 2.32 bits per heavy atom. The maximum Gasteiger partial charge on any atom is 0.251 e. The molecule has 172 valence electrons. The van der Waals surface area contributed by atoms with Crippen molar-refractivity contribution < 1.29 is 14.4 Å².